The number of nitrogens with one attached hydrogen (secondary N) is 1. The maximum atomic E-state index is 3.77. The van der Waals surface area contributed by atoms with Crippen LogP contribution in [-0.2, 0) is 13.0 Å². The van der Waals surface area contributed by atoms with Gasteiger partial charge in [-0.2, -0.15) is 0 Å². The van der Waals surface area contributed by atoms with Crippen molar-refractivity contribution >= 4 is 0 Å². The smallest absolute Gasteiger partial charge is 0.0250 e. The summed E-state index contributed by atoms with van der Waals surface area (Å²) in [6.45, 7) is 5.87. The zero-order chi connectivity index (χ0) is 12.4. The summed E-state index contributed by atoms with van der Waals surface area (Å²) < 4.78 is 0. The molecule has 1 aromatic rings. The Bertz CT molecular complexity index is 385. The van der Waals surface area contributed by atoms with Gasteiger partial charge in [0.1, 0.15) is 0 Å². The van der Waals surface area contributed by atoms with E-state index >= 15 is 0 Å². The molecular formula is C16H24N2. The molecule has 0 saturated carbocycles. The van der Waals surface area contributed by atoms with Crippen molar-refractivity contribution in [2.24, 2.45) is 0 Å². The lowest BCUT2D eigenvalue weighted by Gasteiger charge is -2.21. The van der Waals surface area contributed by atoms with E-state index in [2.05, 4.69) is 41.4 Å². The van der Waals surface area contributed by atoms with Crippen LogP contribution in [0.2, 0.25) is 0 Å². The van der Waals surface area contributed by atoms with Crippen LogP contribution in [0.3, 0.4) is 0 Å². The summed E-state index contributed by atoms with van der Waals surface area (Å²) in [6.07, 6.45) is 5.26. The van der Waals surface area contributed by atoms with E-state index in [1.807, 2.05) is 0 Å². The Hall–Kier alpha value is -0.860. The van der Waals surface area contributed by atoms with E-state index in [4.69, 9.17) is 0 Å². The largest absolute Gasteiger partial charge is 0.308 e. The third kappa shape index (κ3) is 2.45. The van der Waals surface area contributed by atoms with Crippen molar-refractivity contribution in [2.75, 3.05) is 13.1 Å². The molecule has 0 spiro atoms. The van der Waals surface area contributed by atoms with Gasteiger partial charge in [0.2, 0.25) is 0 Å². The monoisotopic (exact) mass is 244 g/mol. The SMILES string of the molecule is CCc1ccc(CNC2CCN3CCCC23)cc1. The standard InChI is InChI=1S/C16H24N2/c1-2-13-5-7-14(8-6-13)12-17-15-9-11-18-10-3-4-16(15)18/h5-8,15-17H,2-4,9-12H2,1H3. The molecule has 0 aromatic heterocycles. The molecule has 98 valence electrons. The van der Waals surface area contributed by atoms with Gasteiger partial charge in [-0.3, -0.25) is 4.90 Å². The highest BCUT2D eigenvalue weighted by Crippen LogP contribution is 2.28. The normalized spacial score (nSPS) is 27.6. The number of aryl methyl sites for hydroxylation is 1. The van der Waals surface area contributed by atoms with E-state index in [1.54, 1.807) is 0 Å². The summed E-state index contributed by atoms with van der Waals surface area (Å²) in [5.74, 6) is 0. The lowest BCUT2D eigenvalue weighted by Crippen LogP contribution is -2.38. The highest BCUT2D eigenvalue weighted by Gasteiger charge is 2.36. The molecule has 0 radical (unpaired) electrons. The Morgan fingerprint density at radius 3 is 2.67 bits per heavy atom. The summed E-state index contributed by atoms with van der Waals surface area (Å²) in [7, 11) is 0. The summed E-state index contributed by atoms with van der Waals surface area (Å²) in [5.41, 5.74) is 2.85. The zero-order valence-corrected chi connectivity index (χ0v) is 11.4. The molecule has 1 aromatic carbocycles. The number of nitrogens with zero attached hydrogens (tertiary/aromatic N) is 1. The van der Waals surface area contributed by atoms with E-state index in [0.717, 1.165) is 25.0 Å². The summed E-state index contributed by atoms with van der Waals surface area (Å²) in [5, 5.41) is 3.77. The first-order chi connectivity index (χ1) is 8.86. The van der Waals surface area contributed by atoms with Crippen LogP contribution in [-0.4, -0.2) is 30.1 Å². The van der Waals surface area contributed by atoms with E-state index in [-0.39, 0.29) is 0 Å². The molecule has 2 fully saturated rings. The number of hydrogen-bond donors (Lipinski definition) is 1. The van der Waals surface area contributed by atoms with Crippen LogP contribution in [0.15, 0.2) is 24.3 Å². The summed E-state index contributed by atoms with van der Waals surface area (Å²) in [6, 6.07) is 10.6. The highest BCUT2D eigenvalue weighted by atomic mass is 15.2. The van der Waals surface area contributed by atoms with Crippen LogP contribution in [0.5, 0.6) is 0 Å². The van der Waals surface area contributed by atoms with Crippen molar-refractivity contribution in [3.05, 3.63) is 35.4 Å². The van der Waals surface area contributed by atoms with Gasteiger partial charge in [0.25, 0.3) is 0 Å². The lowest BCUT2D eigenvalue weighted by atomic mass is 10.1. The molecule has 2 unspecified atom stereocenters. The second kappa shape index (κ2) is 5.41. The number of rotatable bonds is 4. The molecule has 2 aliphatic rings. The van der Waals surface area contributed by atoms with Crippen LogP contribution in [0.1, 0.15) is 37.3 Å². The third-order valence-corrected chi connectivity index (χ3v) is 4.61. The maximum absolute atomic E-state index is 3.77. The minimum atomic E-state index is 0.721. The fraction of sp³-hybridized carbons (Fsp3) is 0.625. The van der Waals surface area contributed by atoms with Crippen LogP contribution < -0.4 is 5.32 Å². The van der Waals surface area contributed by atoms with Crippen LogP contribution in [0.25, 0.3) is 0 Å². The van der Waals surface area contributed by atoms with E-state index in [0.29, 0.717) is 0 Å². The average Bonchev–Trinajstić information content (AvgIpc) is 3.00. The van der Waals surface area contributed by atoms with Gasteiger partial charge in [0, 0.05) is 25.2 Å². The van der Waals surface area contributed by atoms with Gasteiger partial charge in [0.15, 0.2) is 0 Å². The Kier molecular flexibility index (Phi) is 3.67. The number of fused-ring (bicyclic) bond motifs is 1. The lowest BCUT2D eigenvalue weighted by molar-refractivity contribution is 0.298. The molecule has 3 rings (SSSR count). The van der Waals surface area contributed by atoms with Gasteiger partial charge in [0.05, 0.1) is 0 Å². The van der Waals surface area contributed by atoms with E-state index < -0.39 is 0 Å². The minimum Gasteiger partial charge on any atom is -0.308 e. The highest BCUT2D eigenvalue weighted by molar-refractivity contribution is 5.22. The minimum absolute atomic E-state index is 0.721. The first-order valence-electron chi connectivity index (χ1n) is 7.42. The Labute approximate surface area is 110 Å². The van der Waals surface area contributed by atoms with Crippen LogP contribution in [0.4, 0.5) is 0 Å². The second-order valence-corrected chi connectivity index (χ2v) is 5.69. The van der Waals surface area contributed by atoms with Crippen molar-refractivity contribution in [3.63, 3.8) is 0 Å². The molecule has 18 heavy (non-hydrogen) atoms. The molecule has 0 aliphatic carbocycles. The topological polar surface area (TPSA) is 15.3 Å². The average molecular weight is 244 g/mol. The maximum Gasteiger partial charge on any atom is 0.0250 e. The van der Waals surface area contributed by atoms with Gasteiger partial charge >= 0.3 is 0 Å². The second-order valence-electron chi connectivity index (χ2n) is 5.69. The Balaban J connectivity index is 1.54. The predicted molar refractivity (Wildman–Crippen MR) is 75.7 cm³/mol. The predicted octanol–water partition coefficient (Wildman–Crippen LogP) is 2.58. The first-order valence-corrected chi connectivity index (χ1v) is 7.42. The molecule has 1 N–H and O–H groups in total. The number of hydrogen-bond acceptors (Lipinski definition) is 2. The van der Waals surface area contributed by atoms with E-state index in [9.17, 15) is 0 Å². The van der Waals surface area contributed by atoms with Crippen LogP contribution >= 0.6 is 0 Å². The Morgan fingerprint density at radius 2 is 1.89 bits per heavy atom. The van der Waals surface area contributed by atoms with Crippen molar-refractivity contribution in [1.29, 1.82) is 0 Å². The van der Waals surface area contributed by atoms with Crippen molar-refractivity contribution in [1.82, 2.24) is 10.2 Å². The summed E-state index contributed by atoms with van der Waals surface area (Å²) in [4.78, 5) is 2.66. The molecule has 2 nitrogen and oxygen atoms in total. The molecule has 0 bridgehead atoms. The van der Waals surface area contributed by atoms with E-state index in [1.165, 1.54) is 43.5 Å². The molecule has 2 aliphatic heterocycles. The van der Waals surface area contributed by atoms with Gasteiger partial charge in [-0.05, 0) is 43.4 Å². The zero-order valence-electron chi connectivity index (χ0n) is 11.4. The third-order valence-electron chi connectivity index (χ3n) is 4.61. The first kappa shape index (κ1) is 12.2. The Morgan fingerprint density at radius 1 is 1.11 bits per heavy atom. The fourth-order valence-electron chi connectivity index (χ4n) is 3.46. The quantitative estimate of drug-likeness (QED) is 0.876. The molecule has 2 heteroatoms. The molecule has 2 heterocycles. The molecule has 2 saturated heterocycles. The number of benzene rings is 1. The molecule has 0 amide bonds. The van der Waals surface area contributed by atoms with Crippen molar-refractivity contribution in [2.45, 2.75) is 51.2 Å². The van der Waals surface area contributed by atoms with Crippen molar-refractivity contribution in [3.8, 4) is 0 Å². The van der Waals surface area contributed by atoms with Gasteiger partial charge in [-0.15, -0.1) is 0 Å². The molecular weight excluding hydrogens is 220 g/mol. The van der Waals surface area contributed by atoms with Crippen molar-refractivity contribution < 1.29 is 0 Å². The fourth-order valence-corrected chi connectivity index (χ4v) is 3.46. The van der Waals surface area contributed by atoms with Gasteiger partial charge in [-0.25, -0.2) is 0 Å². The van der Waals surface area contributed by atoms with Crippen LogP contribution in [0, 0.1) is 0 Å². The van der Waals surface area contributed by atoms with Gasteiger partial charge < -0.3 is 5.32 Å². The molecule has 2 atom stereocenters. The summed E-state index contributed by atoms with van der Waals surface area (Å²) >= 11 is 0. The van der Waals surface area contributed by atoms with Gasteiger partial charge in [-0.1, -0.05) is 31.2 Å².